The number of fused-ring (bicyclic) bond motifs is 5. The third-order valence-electron chi connectivity index (χ3n) is 11.1. The molecule has 4 aliphatic rings. The molecule has 0 amide bonds. The summed E-state index contributed by atoms with van der Waals surface area (Å²) in [4.78, 5) is 54.8. The summed E-state index contributed by atoms with van der Waals surface area (Å²) >= 11 is 0. The summed E-state index contributed by atoms with van der Waals surface area (Å²) in [5, 5.41) is 13.4. The maximum absolute atomic E-state index is 15.1. The highest BCUT2D eigenvalue weighted by Gasteiger charge is 2.77. The van der Waals surface area contributed by atoms with Crippen LogP contribution in [0.15, 0.2) is 41.5 Å². The lowest BCUT2D eigenvalue weighted by Gasteiger charge is -2.68. The zero-order valence-corrected chi connectivity index (χ0v) is 29.6. The van der Waals surface area contributed by atoms with Crippen LogP contribution in [0.4, 0.5) is 0 Å². The number of rotatable bonds is 6. The van der Waals surface area contributed by atoms with Gasteiger partial charge in [-0.1, -0.05) is 45.9 Å². The van der Waals surface area contributed by atoms with Gasteiger partial charge < -0.3 is 28.5 Å². The molecule has 46 heavy (non-hydrogen) atoms. The quantitative estimate of drug-likeness (QED) is 0.259. The average Bonchev–Trinajstić information content (AvgIpc) is 2.93. The van der Waals surface area contributed by atoms with Crippen molar-refractivity contribution >= 4 is 32.0 Å². The second-order valence-corrected chi connectivity index (χ2v) is 19.9. The highest BCUT2D eigenvalue weighted by molar-refractivity contribution is 6.69. The Balaban J connectivity index is 1.87. The van der Waals surface area contributed by atoms with Gasteiger partial charge in [-0.2, -0.15) is 0 Å². The summed E-state index contributed by atoms with van der Waals surface area (Å²) in [6, 6.07) is 8.46. The van der Waals surface area contributed by atoms with Gasteiger partial charge in [0, 0.05) is 36.7 Å². The molecule has 1 aliphatic heterocycles. The smallest absolute Gasteiger partial charge is 0.338 e. The molecule has 0 aromatic heterocycles. The molecule has 3 aliphatic carbocycles. The highest BCUT2D eigenvalue weighted by atomic mass is 28.4. The van der Waals surface area contributed by atoms with Crippen molar-refractivity contribution < 1.29 is 47.7 Å². The van der Waals surface area contributed by atoms with Crippen LogP contribution in [0.5, 0.6) is 0 Å². The van der Waals surface area contributed by atoms with E-state index >= 15 is 4.79 Å². The molecule has 2 saturated carbocycles. The van der Waals surface area contributed by atoms with E-state index in [-0.39, 0.29) is 30.1 Å². The Morgan fingerprint density at radius 2 is 1.63 bits per heavy atom. The standard InChI is InChI=1S/C35H48O10Si/c1-19-16-25-34(18-41-25,44-22(4)37)28-30(43-31(39)23-14-12-11-13-15-23)35(40)17-24(45-46(8,9)10)20(2)26(32(35,5)6)27(38)29(33(19,28)7)42-21(3)36/h11-15,19,24-25,28-30,40H,16-18H2,1-10H3/t19-,24-,25+,28?,29+,30?,33+,34-,35+/m0/s1. The van der Waals surface area contributed by atoms with Gasteiger partial charge in [-0.05, 0) is 56.6 Å². The SMILES string of the molecule is CC(=O)O[C@@H]1C(=O)C2=C(C)[C@@H](O[Si](C)(C)C)C[C@@](O)(C(OC(=O)c3ccccc3)C3[C@@]1(C)[C@@H](C)C[C@H]1OC[C@@]31OC(C)=O)C2(C)C. The Bertz CT molecular complexity index is 1460. The Morgan fingerprint density at radius 1 is 1.00 bits per heavy atom. The Labute approximate surface area is 272 Å². The second kappa shape index (κ2) is 11.4. The van der Waals surface area contributed by atoms with Crippen molar-refractivity contribution in [1.29, 1.82) is 0 Å². The van der Waals surface area contributed by atoms with Gasteiger partial charge in [0.25, 0.3) is 0 Å². The number of ketones is 1. The fourth-order valence-corrected chi connectivity index (χ4v) is 9.93. The normalized spacial score (nSPS) is 38.3. The summed E-state index contributed by atoms with van der Waals surface area (Å²) in [6.07, 6.45) is -3.60. The summed E-state index contributed by atoms with van der Waals surface area (Å²) in [5.41, 5.74) is -4.68. The molecule has 3 fully saturated rings. The summed E-state index contributed by atoms with van der Waals surface area (Å²) in [5.74, 6) is -3.75. The lowest BCUT2D eigenvalue weighted by molar-refractivity contribution is -0.351. The van der Waals surface area contributed by atoms with Crippen LogP contribution >= 0.6 is 0 Å². The van der Waals surface area contributed by atoms with Crippen molar-refractivity contribution in [2.45, 2.75) is 117 Å². The zero-order chi connectivity index (χ0) is 34.2. The van der Waals surface area contributed by atoms with Crippen molar-refractivity contribution in [3.05, 3.63) is 47.0 Å². The lowest BCUT2D eigenvalue weighted by atomic mass is 9.43. The van der Waals surface area contributed by atoms with Gasteiger partial charge in [0.05, 0.1) is 24.2 Å². The van der Waals surface area contributed by atoms with E-state index in [0.717, 1.165) is 0 Å². The van der Waals surface area contributed by atoms with E-state index in [4.69, 9.17) is 23.4 Å². The number of carbonyl (C=O) groups excluding carboxylic acids is 4. The van der Waals surface area contributed by atoms with Gasteiger partial charge in [-0.15, -0.1) is 0 Å². The number of hydrogen-bond acceptors (Lipinski definition) is 10. The predicted octanol–water partition coefficient (Wildman–Crippen LogP) is 4.79. The number of Topliss-reactive ketones (excluding diaryl/α,β-unsaturated/α-hetero) is 1. The van der Waals surface area contributed by atoms with Gasteiger partial charge in [-0.25, -0.2) is 4.79 Å². The van der Waals surface area contributed by atoms with E-state index in [9.17, 15) is 19.5 Å². The third kappa shape index (κ3) is 5.18. The van der Waals surface area contributed by atoms with Gasteiger partial charge in [-0.3, -0.25) is 14.4 Å². The van der Waals surface area contributed by atoms with E-state index in [1.54, 1.807) is 44.2 Å². The molecule has 2 unspecified atom stereocenters. The molecule has 1 N–H and O–H groups in total. The monoisotopic (exact) mass is 656 g/mol. The Kier molecular flexibility index (Phi) is 8.53. The van der Waals surface area contributed by atoms with Crippen LogP contribution in [0.1, 0.15) is 71.7 Å². The Morgan fingerprint density at radius 3 is 2.15 bits per heavy atom. The first-order valence-corrected chi connectivity index (χ1v) is 19.5. The molecule has 2 bridgehead atoms. The van der Waals surface area contributed by atoms with Crippen molar-refractivity contribution in [3.63, 3.8) is 0 Å². The van der Waals surface area contributed by atoms with E-state index in [1.165, 1.54) is 13.8 Å². The number of esters is 3. The molecule has 0 spiro atoms. The van der Waals surface area contributed by atoms with Crippen molar-refractivity contribution in [3.8, 4) is 0 Å². The van der Waals surface area contributed by atoms with Crippen LogP contribution in [0.2, 0.25) is 19.6 Å². The van der Waals surface area contributed by atoms with E-state index in [2.05, 4.69) is 0 Å². The molecule has 1 heterocycles. The molecule has 1 saturated heterocycles. The first-order chi connectivity index (χ1) is 21.2. The van der Waals surface area contributed by atoms with Crippen LogP contribution in [-0.4, -0.2) is 79.3 Å². The molecule has 1 aromatic carbocycles. The maximum atomic E-state index is 15.1. The number of benzene rings is 1. The molecule has 1 aromatic rings. The number of aliphatic hydroxyl groups is 1. The number of ether oxygens (including phenoxy) is 4. The predicted molar refractivity (Wildman–Crippen MR) is 170 cm³/mol. The first kappa shape index (κ1) is 34.5. The van der Waals surface area contributed by atoms with Crippen molar-refractivity contribution in [2.75, 3.05) is 6.61 Å². The second-order valence-electron chi connectivity index (χ2n) is 15.4. The molecular weight excluding hydrogens is 608 g/mol. The van der Waals surface area contributed by atoms with E-state index < -0.39 is 84.4 Å². The summed E-state index contributed by atoms with van der Waals surface area (Å²) in [7, 11) is -2.26. The fourth-order valence-electron chi connectivity index (χ4n) is 8.81. The lowest BCUT2D eigenvalue weighted by Crippen LogP contribution is -2.81. The van der Waals surface area contributed by atoms with Gasteiger partial charge in [0.1, 0.15) is 17.8 Å². The molecule has 9 atom stereocenters. The van der Waals surface area contributed by atoms with E-state index in [1.807, 2.05) is 40.4 Å². The van der Waals surface area contributed by atoms with Crippen LogP contribution in [0, 0.1) is 22.7 Å². The van der Waals surface area contributed by atoms with E-state index in [0.29, 0.717) is 12.0 Å². The highest BCUT2D eigenvalue weighted by Crippen LogP contribution is 2.66. The number of carbonyl (C=O) groups is 4. The van der Waals surface area contributed by atoms with Crippen LogP contribution < -0.4 is 0 Å². The molecule has 5 rings (SSSR count). The Hall–Kier alpha value is -2.86. The molecule has 10 nitrogen and oxygen atoms in total. The van der Waals surface area contributed by atoms with Gasteiger partial charge >= 0.3 is 17.9 Å². The maximum Gasteiger partial charge on any atom is 0.338 e. The van der Waals surface area contributed by atoms with Gasteiger partial charge in [0.15, 0.2) is 20.0 Å². The topological polar surface area (TPSA) is 135 Å². The molecule has 11 heteroatoms. The molecule has 252 valence electrons. The van der Waals surface area contributed by atoms with Crippen LogP contribution in [0.25, 0.3) is 0 Å². The largest absolute Gasteiger partial charge is 0.455 e. The third-order valence-corrected chi connectivity index (χ3v) is 12.1. The fraction of sp³-hybridized carbons (Fsp3) is 0.657. The molecular formula is C35H48O10Si. The van der Waals surface area contributed by atoms with Crippen molar-refractivity contribution in [2.24, 2.45) is 22.7 Å². The zero-order valence-electron chi connectivity index (χ0n) is 28.6. The van der Waals surface area contributed by atoms with Gasteiger partial charge in [0.2, 0.25) is 5.78 Å². The minimum Gasteiger partial charge on any atom is -0.455 e. The van der Waals surface area contributed by atoms with Crippen LogP contribution in [-0.2, 0) is 37.8 Å². The first-order valence-electron chi connectivity index (χ1n) is 16.1. The summed E-state index contributed by atoms with van der Waals surface area (Å²) < 4.78 is 31.4. The number of hydrogen-bond donors (Lipinski definition) is 1. The summed E-state index contributed by atoms with van der Waals surface area (Å²) in [6.45, 7) is 17.7. The average molecular weight is 657 g/mol. The van der Waals surface area contributed by atoms with Crippen LogP contribution in [0.3, 0.4) is 0 Å². The molecule has 0 radical (unpaired) electrons. The van der Waals surface area contributed by atoms with Crippen molar-refractivity contribution in [1.82, 2.24) is 0 Å². The minimum atomic E-state index is -2.26. The minimum absolute atomic E-state index is 0.0144.